The summed E-state index contributed by atoms with van der Waals surface area (Å²) in [4.78, 5) is 28.3. The topological polar surface area (TPSA) is 109 Å². The Morgan fingerprint density at radius 2 is 2.15 bits per heavy atom. The average molecular weight is 300 g/mol. The van der Waals surface area contributed by atoms with E-state index in [9.17, 15) is 9.59 Å². The third-order valence-electron chi connectivity index (χ3n) is 2.84. The van der Waals surface area contributed by atoms with Gasteiger partial charge in [0.2, 0.25) is 5.91 Å². The summed E-state index contributed by atoms with van der Waals surface area (Å²) in [5, 5.41) is 14.0. The maximum absolute atomic E-state index is 11.8. The number of carbonyl (C=O) groups is 2. The first-order valence-corrected chi connectivity index (χ1v) is 7.33. The maximum Gasteiger partial charge on any atom is 0.326 e. The van der Waals surface area contributed by atoms with Crippen molar-refractivity contribution in [2.75, 3.05) is 25.0 Å². The first kappa shape index (κ1) is 16.4. The normalized spacial score (nSPS) is 11.9. The second kappa shape index (κ2) is 7.81. The highest BCUT2D eigenvalue weighted by molar-refractivity contribution is 7.13. The van der Waals surface area contributed by atoms with E-state index < -0.39 is 12.0 Å². The summed E-state index contributed by atoms with van der Waals surface area (Å²) in [7, 11) is 0. The van der Waals surface area contributed by atoms with Crippen LogP contribution in [0, 0.1) is 0 Å². The Hall–Kier alpha value is -1.67. The zero-order valence-electron chi connectivity index (χ0n) is 11.6. The van der Waals surface area contributed by atoms with E-state index in [1.165, 1.54) is 11.3 Å². The number of hydrogen-bond acceptors (Lipinski definition) is 6. The van der Waals surface area contributed by atoms with Crippen LogP contribution < -0.4 is 11.1 Å². The van der Waals surface area contributed by atoms with Crippen LogP contribution in [0.2, 0.25) is 0 Å². The minimum atomic E-state index is -1.11. The summed E-state index contributed by atoms with van der Waals surface area (Å²) < 4.78 is 0. The van der Waals surface area contributed by atoms with Gasteiger partial charge in [-0.2, -0.15) is 0 Å². The summed E-state index contributed by atoms with van der Waals surface area (Å²) >= 11 is 1.28. The van der Waals surface area contributed by atoms with Crippen molar-refractivity contribution in [1.29, 1.82) is 0 Å². The Kier molecular flexibility index (Phi) is 6.40. The molecule has 1 rings (SSSR count). The number of carboxylic acid groups (broad SMARTS) is 1. The Labute approximate surface area is 121 Å². The summed E-state index contributed by atoms with van der Waals surface area (Å²) in [5.41, 5.74) is 5.78. The van der Waals surface area contributed by atoms with Crippen LogP contribution in [0.4, 0.5) is 5.13 Å². The molecule has 8 heteroatoms. The number of aliphatic carboxylic acids is 1. The van der Waals surface area contributed by atoms with E-state index in [1.54, 1.807) is 10.3 Å². The van der Waals surface area contributed by atoms with Crippen molar-refractivity contribution < 1.29 is 14.7 Å². The molecule has 0 aliphatic rings. The van der Waals surface area contributed by atoms with Gasteiger partial charge in [-0.1, -0.05) is 0 Å². The Morgan fingerprint density at radius 3 is 2.70 bits per heavy atom. The van der Waals surface area contributed by atoms with Gasteiger partial charge in [0.25, 0.3) is 0 Å². The van der Waals surface area contributed by atoms with Crippen molar-refractivity contribution in [1.82, 2.24) is 9.88 Å². The van der Waals surface area contributed by atoms with Crippen molar-refractivity contribution in [3.05, 3.63) is 11.1 Å². The van der Waals surface area contributed by atoms with Crippen molar-refractivity contribution >= 4 is 28.3 Å². The molecule has 112 valence electrons. The van der Waals surface area contributed by atoms with Crippen LogP contribution in [0.15, 0.2) is 5.38 Å². The van der Waals surface area contributed by atoms with Gasteiger partial charge >= 0.3 is 5.97 Å². The molecule has 1 aromatic heterocycles. The molecule has 0 saturated carbocycles. The van der Waals surface area contributed by atoms with Gasteiger partial charge in [-0.15, -0.1) is 11.3 Å². The number of carboxylic acids is 1. The van der Waals surface area contributed by atoms with Gasteiger partial charge in [0, 0.05) is 31.4 Å². The molecule has 4 N–H and O–H groups in total. The molecule has 1 aromatic rings. The van der Waals surface area contributed by atoms with Crippen molar-refractivity contribution in [3.63, 3.8) is 0 Å². The van der Waals surface area contributed by atoms with E-state index in [0.29, 0.717) is 36.9 Å². The molecule has 0 aromatic carbocycles. The van der Waals surface area contributed by atoms with Crippen LogP contribution in [0.5, 0.6) is 0 Å². The number of anilines is 1. The van der Waals surface area contributed by atoms with Crippen LogP contribution in [-0.2, 0) is 9.59 Å². The maximum atomic E-state index is 11.8. The highest BCUT2D eigenvalue weighted by Crippen LogP contribution is 2.19. The summed E-state index contributed by atoms with van der Waals surface area (Å²) in [5.74, 6) is -1.03. The van der Waals surface area contributed by atoms with Crippen LogP contribution >= 0.6 is 11.3 Å². The molecule has 20 heavy (non-hydrogen) atoms. The molecular formula is C12H20N4O3S. The molecule has 0 aliphatic carbocycles. The summed E-state index contributed by atoms with van der Waals surface area (Å²) in [6.45, 7) is 5.74. The highest BCUT2D eigenvalue weighted by atomic mass is 32.1. The van der Waals surface area contributed by atoms with E-state index in [2.05, 4.69) is 10.3 Å². The minimum absolute atomic E-state index is 0.0847. The largest absolute Gasteiger partial charge is 0.480 e. The van der Waals surface area contributed by atoms with E-state index in [4.69, 9.17) is 10.8 Å². The van der Waals surface area contributed by atoms with Gasteiger partial charge in [-0.3, -0.25) is 9.59 Å². The highest BCUT2D eigenvalue weighted by Gasteiger charge is 2.17. The van der Waals surface area contributed by atoms with E-state index in [0.717, 1.165) is 0 Å². The lowest BCUT2D eigenvalue weighted by atomic mass is 10.2. The van der Waals surface area contributed by atoms with Crippen molar-refractivity contribution in [3.8, 4) is 0 Å². The van der Waals surface area contributed by atoms with E-state index in [-0.39, 0.29) is 5.91 Å². The second-order valence-electron chi connectivity index (χ2n) is 4.14. The number of rotatable bonds is 8. The zero-order valence-corrected chi connectivity index (χ0v) is 12.4. The van der Waals surface area contributed by atoms with Crippen LogP contribution in [0.25, 0.3) is 0 Å². The van der Waals surface area contributed by atoms with Crippen LogP contribution in [0.1, 0.15) is 32.0 Å². The van der Waals surface area contributed by atoms with E-state index in [1.807, 2.05) is 13.8 Å². The first-order valence-electron chi connectivity index (χ1n) is 6.45. The second-order valence-corrected chi connectivity index (χ2v) is 4.99. The molecule has 0 bridgehead atoms. The van der Waals surface area contributed by atoms with Crippen molar-refractivity contribution in [2.45, 2.75) is 26.3 Å². The van der Waals surface area contributed by atoms with Crippen LogP contribution in [-0.4, -0.2) is 46.5 Å². The standard InChI is InChI=1S/C12H20N4O3S/c1-3-16(4-2)9(17)5-6-14-12-15-8(7-20-12)10(13)11(18)19/h7,10H,3-6,13H2,1-2H3,(H,14,15)(H,18,19). The quantitative estimate of drug-likeness (QED) is 0.658. The number of hydrogen-bond donors (Lipinski definition) is 3. The van der Waals surface area contributed by atoms with Gasteiger partial charge in [0.15, 0.2) is 5.13 Å². The van der Waals surface area contributed by atoms with Gasteiger partial charge in [0.05, 0.1) is 5.69 Å². The summed E-state index contributed by atoms with van der Waals surface area (Å²) in [6, 6.07) is -1.11. The number of aromatic nitrogens is 1. The molecule has 7 nitrogen and oxygen atoms in total. The number of thiazole rings is 1. The van der Waals surface area contributed by atoms with Gasteiger partial charge in [-0.25, -0.2) is 4.98 Å². The molecule has 0 aliphatic heterocycles. The number of amides is 1. The Balaban J connectivity index is 2.43. The van der Waals surface area contributed by atoms with Crippen molar-refractivity contribution in [2.24, 2.45) is 5.73 Å². The predicted octanol–water partition coefficient (Wildman–Crippen LogP) is 0.898. The van der Waals surface area contributed by atoms with Crippen LogP contribution in [0.3, 0.4) is 0 Å². The molecule has 0 saturated heterocycles. The number of nitrogens with two attached hydrogens (primary N) is 1. The molecular weight excluding hydrogens is 280 g/mol. The Morgan fingerprint density at radius 1 is 1.50 bits per heavy atom. The average Bonchev–Trinajstić information content (AvgIpc) is 2.88. The Bertz CT molecular complexity index is 459. The molecule has 0 spiro atoms. The number of carbonyl (C=O) groups excluding carboxylic acids is 1. The summed E-state index contributed by atoms with van der Waals surface area (Å²) in [6.07, 6.45) is 0.377. The smallest absolute Gasteiger partial charge is 0.326 e. The monoisotopic (exact) mass is 300 g/mol. The van der Waals surface area contributed by atoms with Gasteiger partial charge in [0.1, 0.15) is 6.04 Å². The van der Waals surface area contributed by atoms with E-state index >= 15 is 0 Å². The zero-order chi connectivity index (χ0) is 15.1. The van der Waals surface area contributed by atoms with Gasteiger partial charge < -0.3 is 21.1 Å². The molecule has 1 heterocycles. The lowest BCUT2D eigenvalue weighted by Crippen LogP contribution is -2.31. The third-order valence-corrected chi connectivity index (χ3v) is 3.66. The fraction of sp³-hybridized carbons (Fsp3) is 0.583. The molecule has 1 amide bonds. The van der Waals surface area contributed by atoms with Gasteiger partial charge in [-0.05, 0) is 13.8 Å². The molecule has 0 fully saturated rings. The predicted molar refractivity (Wildman–Crippen MR) is 77.7 cm³/mol. The third kappa shape index (κ3) is 4.46. The first-order chi connectivity index (χ1) is 9.49. The molecule has 1 unspecified atom stereocenters. The number of nitrogens with one attached hydrogen (secondary N) is 1. The molecule has 0 radical (unpaired) electrons. The lowest BCUT2D eigenvalue weighted by Gasteiger charge is -2.18. The minimum Gasteiger partial charge on any atom is -0.480 e. The SMILES string of the molecule is CCN(CC)C(=O)CCNc1nc(C(N)C(=O)O)cs1. The number of nitrogens with zero attached hydrogens (tertiary/aromatic N) is 2. The lowest BCUT2D eigenvalue weighted by molar-refractivity contribution is -0.138. The fourth-order valence-electron chi connectivity index (χ4n) is 1.65. The molecule has 1 atom stereocenters. The fourth-order valence-corrected chi connectivity index (χ4v) is 2.42.